The molecule has 0 amide bonds. The summed E-state index contributed by atoms with van der Waals surface area (Å²) in [6.45, 7) is 5.29. The molecule has 1 atom stereocenters. The predicted molar refractivity (Wildman–Crippen MR) is 133 cm³/mol. The Morgan fingerprint density at radius 1 is 1.09 bits per heavy atom. The third kappa shape index (κ3) is 5.80. The SMILES string of the molecule is CC(C)c1nc2c(n1Cc1ccc(Cl)c(Cl)c1)C(CC(=O)OCc1ccccc1)CCCC2. The fourth-order valence-electron chi connectivity index (χ4n) is 4.62. The van der Waals surface area contributed by atoms with Gasteiger partial charge >= 0.3 is 5.97 Å². The van der Waals surface area contributed by atoms with Gasteiger partial charge < -0.3 is 9.30 Å². The minimum Gasteiger partial charge on any atom is -0.461 e. The topological polar surface area (TPSA) is 44.1 Å². The van der Waals surface area contributed by atoms with Crippen molar-refractivity contribution in [3.8, 4) is 0 Å². The lowest BCUT2D eigenvalue weighted by molar-refractivity contribution is -0.145. The number of fused-ring (bicyclic) bond motifs is 1. The van der Waals surface area contributed by atoms with E-state index in [1.165, 1.54) is 5.69 Å². The molecule has 1 aliphatic rings. The third-order valence-electron chi connectivity index (χ3n) is 6.21. The zero-order chi connectivity index (χ0) is 23.4. The van der Waals surface area contributed by atoms with E-state index in [2.05, 4.69) is 18.4 Å². The Kier molecular flexibility index (Phi) is 7.77. The number of aryl methyl sites for hydroxylation is 1. The lowest BCUT2D eigenvalue weighted by Crippen LogP contribution is -2.17. The zero-order valence-electron chi connectivity index (χ0n) is 19.2. The molecule has 0 saturated carbocycles. The molecular weight excluding hydrogens is 455 g/mol. The van der Waals surface area contributed by atoms with Crippen LogP contribution >= 0.6 is 23.2 Å². The maximum Gasteiger partial charge on any atom is 0.306 e. The minimum atomic E-state index is -0.162. The molecule has 6 heteroatoms. The Hall–Kier alpha value is -2.30. The van der Waals surface area contributed by atoms with E-state index in [-0.39, 0.29) is 17.8 Å². The molecule has 1 aliphatic carbocycles. The molecule has 0 bridgehead atoms. The summed E-state index contributed by atoms with van der Waals surface area (Å²) in [5.74, 6) is 1.25. The van der Waals surface area contributed by atoms with Gasteiger partial charge in [-0.15, -0.1) is 0 Å². The van der Waals surface area contributed by atoms with Gasteiger partial charge in [0.25, 0.3) is 0 Å². The smallest absolute Gasteiger partial charge is 0.306 e. The molecule has 0 aliphatic heterocycles. The van der Waals surface area contributed by atoms with Crippen LogP contribution in [0.3, 0.4) is 0 Å². The molecule has 33 heavy (non-hydrogen) atoms. The molecule has 0 spiro atoms. The number of carbonyl (C=O) groups is 1. The fourth-order valence-corrected chi connectivity index (χ4v) is 4.94. The van der Waals surface area contributed by atoms with Crippen LogP contribution in [0.15, 0.2) is 48.5 Å². The molecule has 4 nitrogen and oxygen atoms in total. The van der Waals surface area contributed by atoms with E-state index in [9.17, 15) is 4.79 Å². The molecule has 1 heterocycles. The highest BCUT2D eigenvalue weighted by atomic mass is 35.5. The number of imidazole rings is 1. The molecule has 4 rings (SSSR count). The number of esters is 1. The number of aromatic nitrogens is 2. The van der Waals surface area contributed by atoms with Gasteiger partial charge in [-0.25, -0.2) is 4.98 Å². The van der Waals surface area contributed by atoms with E-state index in [4.69, 9.17) is 32.9 Å². The number of hydrogen-bond donors (Lipinski definition) is 0. The number of rotatable bonds is 7. The van der Waals surface area contributed by atoms with Crippen molar-refractivity contribution in [2.75, 3.05) is 0 Å². The lowest BCUT2D eigenvalue weighted by Gasteiger charge is -2.21. The second-order valence-corrected chi connectivity index (χ2v) is 9.90. The molecule has 1 unspecified atom stereocenters. The van der Waals surface area contributed by atoms with Gasteiger partial charge in [0.1, 0.15) is 12.4 Å². The summed E-state index contributed by atoms with van der Waals surface area (Å²) in [5.41, 5.74) is 4.37. The van der Waals surface area contributed by atoms with Crippen molar-refractivity contribution in [1.82, 2.24) is 9.55 Å². The van der Waals surface area contributed by atoms with Crippen LogP contribution in [0.2, 0.25) is 10.0 Å². The van der Waals surface area contributed by atoms with Crippen molar-refractivity contribution in [1.29, 1.82) is 0 Å². The van der Waals surface area contributed by atoms with E-state index >= 15 is 0 Å². The normalized spacial score (nSPS) is 15.8. The molecule has 174 valence electrons. The standard InChI is InChI=1S/C27H30Cl2N2O2/c1-18(2)27-30-24-11-7-6-10-21(15-25(32)33-17-19-8-4-3-5-9-19)26(24)31(27)16-20-12-13-22(28)23(29)14-20/h3-5,8-9,12-14,18,21H,6-7,10-11,15-17H2,1-2H3. The number of nitrogens with zero attached hydrogens (tertiary/aromatic N) is 2. The van der Waals surface area contributed by atoms with Crippen LogP contribution in [-0.4, -0.2) is 15.5 Å². The number of ether oxygens (including phenoxy) is 1. The second-order valence-electron chi connectivity index (χ2n) is 9.08. The highest BCUT2D eigenvalue weighted by molar-refractivity contribution is 6.42. The summed E-state index contributed by atoms with van der Waals surface area (Å²) < 4.78 is 7.93. The number of hydrogen-bond acceptors (Lipinski definition) is 3. The fraction of sp³-hybridized carbons (Fsp3) is 0.407. The van der Waals surface area contributed by atoms with Crippen LogP contribution in [0, 0.1) is 0 Å². The molecule has 0 radical (unpaired) electrons. The van der Waals surface area contributed by atoms with Crippen LogP contribution < -0.4 is 0 Å². The van der Waals surface area contributed by atoms with Gasteiger partial charge in [-0.05, 0) is 42.5 Å². The Bertz CT molecular complexity index is 1110. The third-order valence-corrected chi connectivity index (χ3v) is 6.95. The quantitative estimate of drug-likeness (QED) is 0.260. The Morgan fingerprint density at radius 3 is 2.61 bits per heavy atom. The Morgan fingerprint density at radius 2 is 1.88 bits per heavy atom. The van der Waals surface area contributed by atoms with Crippen molar-refractivity contribution in [2.24, 2.45) is 0 Å². The summed E-state index contributed by atoms with van der Waals surface area (Å²) in [5, 5.41) is 1.10. The second kappa shape index (κ2) is 10.8. The van der Waals surface area contributed by atoms with Crippen LogP contribution in [0.5, 0.6) is 0 Å². The van der Waals surface area contributed by atoms with Crippen molar-refractivity contribution >= 4 is 29.2 Å². The molecule has 2 aromatic carbocycles. The first kappa shape index (κ1) is 23.8. The molecule has 3 aromatic rings. The van der Waals surface area contributed by atoms with Gasteiger partial charge in [-0.2, -0.15) is 0 Å². The Labute approximate surface area is 205 Å². The van der Waals surface area contributed by atoms with E-state index in [1.54, 1.807) is 0 Å². The number of benzene rings is 2. The van der Waals surface area contributed by atoms with Crippen molar-refractivity contribution in [3.05, 3.63) is 86.9 Å². The highest BCUT2D eigenvalue weighted by Gasteiger charge is 2.29. The van der Waals surface area contributed by atoms with Crippen LogP contribution in [0.1, 0.15) is 79.7 Å². The lowest BCUT2D eigenvalue weighted by atomic mass is 9.96. The zero-order valence-corrected chi connectivity index (χ0v) is 20.7. The van der Waals surface area contributed by atoms with Crippen molar-refractivity contribution in [3.63, 3.8) is 0 Å². The summed E-state index contributed by atoms with van der Waals surface area (Å²) in [6.07, 6.45) is 4.43. The van der Waals surface area contributed by atoms with Crippen LogP contribution in [-0.2, 0) is 29.1 Å². The maximum atomic E-state index is 12.8. The van der Waals surface area contributed by atoms with Gasteiger partial charge in [0.05, 0.1) is 22.2 Å². The predicted octanol–water partition coefficient (Wildman–Crippen LogP) is 7.31. The minimum absolute atomic E-state index is 0.0912. The monoisotopic (exact) mass is 484 g/mol. The first-order valence-corrected chi connectivity index (χ1v) is 12.4. The number of halogens is 2. The van der Waals surface area contributed by atoms with Crippen molar-refractivity contribution < 1.29 is 9.53 Å². The van der Waals surface area contributed by atoms with E-state index < -0.39 is 0 Å². The maximum absolute atomic E-state index is 12.8. The van der Waals surface area contributed by atoms with Crippen LogP contribution in [0.25, 0.3) is 0 Å². The van der Waals surface area contributed by atoms with E-state index in [0.29, 0.717) is 29.6 Å². The van der Waals surface area contributed by atoms with Gasteiger partial charge in [-0.1, -0.05) is 79.9 Å². The average molecular weight is 485 g/mol. The van der Waals surface area contributed by atoms with E-state index in [0.717, 1.165) is 48.3 Å². The molecule has 0 saturated heterocycles. The summed E-state index contributed by atoms with van der Waals surface area (Å²) in [4.78, 5) is 17.9. The van der Waals surface area contributed by atoms with E-state index in [1.807, 2.05) is 48.5 Å². The van der Waals surface area contributed by atoms with Crippen LogP contribution in [0.4, 0.5) is 0 Å². The van der Waals surface area contributed by atoms with Gasteiger partial charge in [0.2, 0.25) is 0 Å². The Balaban J connectivity index is 1.60. The average Bonchev–Trinajstić information content (AvgIpc) is 3.04. The molecular formula is C27H30Cl2N2O2. The number of carbonyl (C=O) groups excluding carboxylic acids is 1. The first-order chi connectivity index (χ1) is 15.9. The summed E-state index contributed by atoms with van der Waals surface area (Å²) in [6, 6.07) is 15.6. The summed E-state index contributed by atoms with van der Waals surface area (Å²) >= 11 is 12.4. The van der Waals surface area contributed by atoms with Gasteiger partial charge in [-0.3, -0.25) is 4.79 Å². The van der Waals surface area contributed by atoms with Crippen molar-refractivity contribution in [2.45, 2.75) is 70.9 Å². The van der Waals surface area contributed by atoms with Gasteiger partial charge in [0.15, 0.2) is 0 Å². The summed E-state index contributed by atoms with van der Waals surface area (Å²) in [7, 11) is 0. The highest BCUT2D eigenvalue weighted by Crippen LogP contribution is 2.36. The molecule has 1 aromatic heterocycles. The molecule has 0 fully saturated rings. The van der Waals surface area contributed by atoms with Gasteiger partial charge in [0, 0.05) is 24.1 Å². The largest absolute Gasteiger partial charge is 0.461 e. The first-order valence-electron chi connectivity index (χ1n) is 11.6. The molecule has 0 N–H and O–H groups in total.